The number of fused-ring (bicyclic) bond motifs is 1. The average Bonchev–Trinajstić information content (AvgIpc) is 2.16. The van der Waals surface area contributed by atoms with E-state index in [1.165, 1.54) is 0 Å². The van der Waals surface area contributed by atoms with Gasteiger partial charge in [0.05, 0.1) is 11.2 Å². The van der Waals surface area contributed by atoms with Crippen LogP contribution in [0.3, 0.4) is 0 Å². The zero-order valence-electron chi connectivity index (χ0n) is 9.45. The van der Waals surface area contributed by atoms with Gasteiger partial charge in [0, 0.05) is 10.8 Å². The SMILES string of the molecule is CC(C)(C)c1nc(Br)nc2ccc(O)cc12. The molecule has 2 aromatic rings. The van der Waals surface area contributed by atoms with Crippen LogP contribution in [0.15, 0.2) is 22.9 Å². The van der Waals surface area contributed by atoms with Crippen molar-refractivity contribution < 1.29 is 5.11 Å². The third-order valence-electron chi connectivity index (χ3n) is 2.36. The second-order valence-electron chi connectivity index (χ2n) is 4.79. The zero-order chi connectivity index (χ0) is 11.9. The molecule has 0 bridgehead atoms. The fourth-order valence-corrected chi connectivity index (χ4v) is 2.03. The van der Waals surface area contributed by atoms with E-state index in [2.05, 4.69) is 46.7 Å². The summed E-state index contributed by atoms with van der Waals surface area (Å²) >= 11 is 3.31. The van der Waals surface area contributed by atoms with E-state index < -0.39 is 0 Å². The van der Waals surface area contributed by atoms with Crippen LogP contribution in [0.5, 0.6) is 5.75 Å². The first-order chi connectivity index (χ1) is 7.38. The Morgan fingerprint density at radius 2 is 1.88 bits per heavy atom. The highest BCUT2D eigenvalue weighted by atomic mass is 79.9. The van der Waals surface area contributed by atoms with E-state index in [9.17, 15) is 5.11 Å². The molecule has 0 spiro atoms. The van der Waals surface area contributed by atoms with E-state index in [0.29, 0.717) is 4.73 Å². The fourth-order valence-electron chi connectivity index (χ4n) is 1.66. The summed E-state index contributed by atoms with van der Waals surface area (Å²) in [5.74, 6) is 0.240. The molecule has 4 heteroatoms. The summed E-state index contributed by atoms with van der Waals surface area (Å²) in [5, 5.41) is 10.4. The molecule has 0 saturated carbocycles. The zero-order valence-corrected chi connectivity index (χ0v) is 11.0. The van der Waals surface area contributed by atoms with Gasteiger partial charge < -0.3 is 5.11 Å². The Hall–Kier alpha value is -1.16. The summed E-state index contributed by atoms with van der Waals surface area (Å²) in [6.45, 7) is 6.27. The van der Waals surface area contributed by atoms with Gasteiger partial charge in [0.2, 0.25) is 0 Å². The molecule has 0 aliphatic carbocycles. The van der Waals surface area contributed by atoms with Crippen molar-refractivity contribution in [3.05, 3.63) is 28.6 Å². The summed E-state index contributed by atoms with van der Waals surface area (Å²) in [6.07, 6.45) is 0. The van der Waals surface area contributed by atoms with Gasteiger partial charge in [0.15, 0.2) is 4.73 Å². The van der Waals surface area contributed by atoms with Crippen molar-refractivity contribution >= 4 is 26.8 Å². The Bertz CT molecular complexity index is 546. The lowest BCUT2D eigenvalue weighted by atomic mass is 9.89. The van der Waals surface area contributed by atoms with E-state index in [-0.39, 0.29) is 11.2 Å². The molecule has 1 aromatic carbocycles. The van der Waals surface area contributed by atoms with Gasteiger partial charge in [-0.15, -0.1) is 0 Å². The predicted molar refractivity (Wildman–Crippen MR) is 67.6 cm³/mol. The van der Waals surface area contributed by atoms with Crippen molar-refractivity contribution in [2.45, 2.75) is 26.2 Å². The van der Waals surface area contributed by atoms with E-state index in [1.54, 1.807) is 18.2 Å². The van der Waals surface area contributed by atoms with Gasteiger partial charge in [-0.05, 0) is 34.1 Å². The van der Waals surface area contributed by atoms with Gasteiger partial charge in [-0.3, -0.25) is 0 Å². The Kier molecular flexibility index (Phi) is 2.62. The average molecular weight is 281 g/mol. The number of phenolic OH excluding ortho intramolecular Hbond substituents is 1. The van der Waals surface area contributed by atoms with Crippen LogP contribution < -0.4 is 0 Å². The van der Waals surface area contributed by atoms with Crippen LogP contribution >= 0.6 is 15.9 Å². The van der Waals surface area contributed by atoms with Crippen molar-refractivity contribution in [1.82, 2.24) is 9.97 Å². The summed E-state index contributed by atoms with van der Waals surface area (Å²) in [5.41, 5.74) is 1.68. The highest BCUT2D eigenvalue weighted by molar-refractivity contribution is 9.10. The van der Waals surface area contributed by atoms with Crippen LogP contribution in [0.25, 0.3) is 10.9 Å². The molecule has 1 N–H and O–H groups in total. The van der Waals surface area contributed by atoms with Crippen LogP contribution in [0.1, 0.15) is 26.5 Å². The largest absolute Gasteiger partial charge is 0.508 e. The molecule has 0 aliphatic rings. The van der Waals surface area contributed by atoms with Crippen molar-refractivity contribution in [2.24, 2.45) is 0 Å². The maximum absolute atomic E-state index is 9.52. The molecule has 1 aromatic heterocycles. The molecule has 0 saturated heterocycles. The number of nitrogens with zero attached hydrogens (tertiary/aromatic N) is 2. The number of hydrogen-bond donors (Lipinski definition) is 1. The van der Waals surface area contributed by atoms with E-state index in [4.69, 9.17) is 0 Å². The Morgan fingerprint density at radius 1 is 1.19 bits per heavy atom. The number of aromatic nitrogens is 2. The Labute approximate surface area is 103 Å². The Balaban J connectivity index is 2.85. The first-order valence-corrected chi connectivity index (χ1v) is 5.84. The first kappa shape index (κ1) is 11.3. The van der Waals surface area contributed by atoms with Crippen molar-refractivity contribution in [2.75, 3.05) is 0 Å². The number of aromatic hydroxyl groups is 1. The normalized spacial score (nSPS) is 12.0. The summed E-state index contributed by atoms with van der Waals surface area (Å²) in [4.78, 5) is 8.69. The van der Waals surface area contributed by atoms with Gasteiger partial charge in [0.1, 0.15) is 5.75 Å². The van der Waals surface area contributed by atoms with Crippen molar-refractivity contribution in [3.63, 3.8) is 0 Å². The third kappa shape index (κ3) is 2.02. The molecule has 0 unspecified atom stereocenters. The fraction of sp³-hybridized carbons (Fsp3) is 0.333. The van der Waals surface area contributed by atoms with Crippen molar-refractivity contribution in [1.29, 1.82) is 0 Å². The maximum atomic E-state index is 9.52. The Morgan fingerprint density at radius 3 is 2.50 bits per heavy atom. The van der Waals surface area contributed by atoms with Crippen LogP contribution in [-0.4, -0.2) is 15.1 Å². The minimum Gasteiger partial charge on any atom is -0.508 e. The van der Waals surface area contributed by atoms with E-state index >= 15 is 0 Å². The molecule has 1 heterocycles. The molecule has 0 fully saturated rings. The topological polar surface area (TPSA) is 46.0 Å². The van der Waals surface area contributed by atoms with Gasteiger partial charge >= 0.3 is 0 Å². The molecular formula is C12H13BrN2O. The lowest BCUT2D eigenvalue weighted by molar-refractivity contribution is 0.476. The highest BCUT2D eigenvalue weighted by Gasteiger charge is 2.20. The highest BCUT2D eigenvalue weighted by Crippen LogP contribution is 2.30. The molecule has 3 nitrogen and oxygen atoms in total. The van der Waals surface area contributed by atoms with Crippen LogP contribution in [-0.2, 0) is 5.41 Å². The molecule has 0 radical (unpaired) electrons. The minimum atomic E-state index is -0.0858. The summed E-state index contributed by atoms with van der Waals surface area (Å²) in [6, 6.07) is 5.14. The molecule has 0 amide bonds. The quantitative estimate of drug-likeness (QED) is 0.753. The lowest BCUT2D eigenvalue weighted by Crippen LogP contribution is -2.15. The van der Waals surface area contributed by atoms with Gasteiger partial charge in [-0.25, -0.2) is 9.97 Å². The monoisotopic (exact) mass is 280 g/mol. The smallest absolute Gasteiger partial charge is 0.197 e. The number of halogens is 1. The summed E-state index contributed by atoms with van der Waals surface area (Å²) < 4.78 is 0.579. The number of hydrogen-bond acceptors (Lipinski definition) is 3. The molecular weight excluding hydrogens is 268 g/mol. The van der Waals surface area contributed by atoms with Crippen LogP contribution in [0.4, 0.5) is 0 Å². The second kappa shape index (κ2) is 3.70. The summed E-state index contributed by atoms with van der Waals surface area (Å²) in [7, 11) is 0. The van der Waals surface area contributed by atoms with Gasteiger partial charge in [-0.2, -0.15) is 0 Å². The maximum Gasteiger partial charge on any atom is 0.197 e. The van der Waals surface area contributed by atoms with Gasteiger partial charge in [0.25, 0.3) is 0 Å². The molecule has 0 aliphatic heterocycles. The predicted octanol–water partition coefficient (Wildman–Crippen LogP) is 3.40. The van der Waals surface area contributed by atoms with Crippen LogP contribution in [0, 0.1) is 0 Å². The van der Waals surface area contributed by atoms with Gasteiger partial charge in [-0.1, -0.05) is 20.8 Å². The van der Waals surface area contributed by atoms with E-state index in [1.807, 2.05) is 0 Å². The number of rotatable bonds is 0. The van der Waals surface area contributed by atoms with E-state index in [0.717, 1.165) is 16.6 Å². The lowest BCUT2D eigenvalue weighted by Gasteiger charge is -2.19. The number of benzene rings is 1. The molecule has 84 valence electrons. The molecule has 2 rings (SSSR count). The second-order valence-corrected chi connectivity index (χ2v) is 5.50. The van der Waals surface area contributed by atoms with Crippen molar-refractivity contribution in [3.8, 4) is 5.75 Å². The number of phenols is 1. The third-order valence-corrected chi connectivity index (χ3v) is 2.72. The minimum absolute atomic E-state index is 0.0858. The first-order valence-electron chi connectivity index (χ1n) is 5.05. The van der Waals surface area contributed by atoms with Crippen LogP contribution in [0.2, 0.25) is 0 Å². The molecule has 0 atom stereocenters. The standard InChI is InChI=1S/C12H13BrN2O/c1-12(2,3)10-8-6-7(16)4-5-9(8)14-11(13)15-10/h4-6,16H,1-3H3. The molecule has 16 heavy (non-hydrogen) atoms.